The number of ether oxygens (including phenoxy) is 2. The predicted octanol–water partition coefficient (Wildman–Crippen LogP) is 2.98. The molecule has 0 atom stereocenters. The van der Waals surface area contributed by atoms with Crippen molar-refractivity contribution in [3.05, 3.63) is 54.3 Å². The highest BCUT2D eigenvalue weighted by molar-refractivity contribution is 7.92. The Morgan fingerprint density at radius 3 is 2.15 bits per heavy atom. The summed E-state index contributed by atoms with van der Waals surface area (Å²) in [7, 11) is -2.61. The van der Waals surface area contributed by atoms with Crippen LogP contribution in [0.25, 0.3) is 0 Å². The van der Waals surface area contributed by atoms with Crippen molar-refractivity contribution in [1.82, 2.24) is 0 Å². The minimum Gasteiger partial charge on any atom is -0.497 e. The van der Waals surface area contributed by atoms with Gasteiger partial charge in [0.05, 0.1) is 23.8 Å². The third kappa shape index (κ3) is 4.72. The normalized spacial score (nSPS) is 11.3. The number of carbonyl (C=O) groups is 1. The van der Waals surface area contributed by atoms with Crippen LogP contribution in [-0.4, -0.2) is 34.1 Å². The van der Waals surface area contributed by atoms with Crippen molar-refractivity contribution >= 4 is 21.7 Å². The fraction of sp³-hybridized carbons (Fsp3) is 0.278. The van der Waals surface area contributed by atoms with Crippen LogP contribution in [-0.2, 0) is 19.6 Å². The molecule has 2 aromatic carbocycles. The van der Waals surface area contributed by atoms with Crippen molar-refractivity contribution in [2.24, 2.45) is 0 Å². The zero-order valence-corrected chi connectivity index (χ0v) is 15.5. The third-order valence-electron chi connectivity index (χ3n) is 3.40. The molecule has 0 heterocycles. The summed E-state index contributed by atoms with van der Waals surface area (Å²) in [6.45, 7) is 2.83. The van der Waals surface area contributed by atoms with Gasteiger partial charge >= 0.3 is 5.97 Å². The van der Waals surface area contributed by atoms with Crippen molar-refractivity contribution < 1.29 is 27.1 Å². The number of methoxy groups -OCH3 is 1. The minimum absolute atomic E-state index is 0.132. The van der Waals surface area contributed by atoms with Crippen LogP contribution in [0.5, 0.6) is 5.75 Å². The SMILES string of the molecule is COc1ccc(N(CC(=O)OC(C)C)S(=O)(=O)c2ccc(F)cc2)cc1. The Morgan fingerprint density at radius 1 is 1.08 bits per heavy atom. The van der Waals surface area contributed by atoms with Crippen LogP contribution >= 0.6 is 0 Å². The summed E-state index contributed by atoms with van der Waals surface area (Å²) in [5.74, 6) is -0.710. The number of sulfonamides is 1. The number of hydrogen-bond donors (Lipinski definition) is 0. The molecule has 0 aliphatic heterocycles. The molecule has 0 amide bonds. The molecule has 8 heteroatoms. The van der Waals surface area contributed by atoms with Crippen LogP contribution in [0.3, 0.4) is 0 Å². The Labute approximate surface area is 152 Å². The van der Waals surface area contributed by atoms with E-state index in [-0.39, 0.29) is 16.7 Å². The molecule has 0 bridgehead atoms. The van der Waals surface area contributed by atoms with Crippen molar-refractivity contribution in [3.63, 3.8) is 0 Å². The van der Waals surface area contributed by atoms with Crippen molar-refractivity contribution in [2.45, 2.75) is 24.8 Å². The highest BCUT2D eigenvalue weighted by atomic mass is 32.2. The highest BCUT2D eigenvalue weighted by Gasteiger charge is 2.28. The van der Waals surface area contributed by atoms with E-state index in [1.807, 2.05) is 0 Å². The summed E-state index contributed by atoms with van der Waals surface area (Å²) < 4.78 is 50.2. The van der Waals surface area contributed by atoms with Gasteiger partial charge in [-0.05, 0) is 62.4 Å². The molecule has 0 fully saturated rings. The molecule has 0 saturated heterocycles. The predicted molar refractivity (Wildman–Crippen MR) is 95.2 cm³/mol. The zero-order valence-electron chi connectivity index (χ0n) is 14.7. The van der Waals surface area contributed by atoms with Gasteiger partial charge in [-0.3, -0.25) is 9.10 Å². The minimum atomic E-state index is -4.10. The van der Waals surface area contributed by atoms with E-state index in [2.05, 4.69) is 0 Å². The maximum Gasteiger partial charge on any atom is 0.327 e. The number of carbonyl (C=O) groups excluding carboxylic acids is 1. The van der Waals surface area contributed by atoms with Crippen LogP contribution < -0.4 is 9.04 Å². The van der Waals surface area contributed by atoms with Gasteiger partial charge in [-0.2, -0.15) is 0 Å². The fourth-order valence-corrected chi connectivity index (χ4v) is 3.62. The van der Waals surface area contributed by atoms with Gasteiger partial charge in [0, 0.05) is 0 Å². The molecule has 0 aliphatic rings. The average molecular weight is 381 g/mol. The van der Waals surface area contributed by atoms with E-state index in [0.29, 0.717) is 5.75 Å². The lowest BCUT2D eigenvalue weighted by atomic mass is 10.3. The molecular weight excluding hydrogens is 361 g/mol. The van der Waals surface area contributed by atoms with Gasteiger partial charge < -0.3 is 9.47 Å². The van der Waals surface area contributed by atoms with Crippen LogP contribution in [0.2, 0.25) is 0 Å². The number of rotatable bonds is 7. The van der Waals surface area contributed by atoms with E-state index in [4.69, 9.17) is 9.47 Å². The maximum atomic E-state index is 13.1. The number of hydrogen-bond acceptors (Lipinski definition) is 5. The number of nitrogens with zero attached hydrogens (tertiary/aromatic N) is 1. The summed E-state index contributed by atoms with van der Waals surface area (Å²) >= 11 is 0. The first-order chi connectivity index (χ1) is 12.2. The Bertz CT molecular complexity index is 848. The van der Waals surface area contributed by atoms with E-state index in [9.17, 15) is 17.6 Å². The van der Waals surface area contributed by atoms with Crippen molar-refractivity contribution in [2.75, 3.05) is 18.0 Å². The van der Waals surface area contributed by atoms with Crippen LogP contribution in [0.4, 0.5) is 10.1 Å². The standard InChI is InChI=1S/C18H20FNO5S/c1-13(2)25-18(21)12-20(15-6-8-16(24-3)9-7-15)26(22,23)17-10-4-14(19)5-11-17/h4-11,13H,12H2,1-3H3. The fourth-order valence-electron chi connectivity index (χ4n) is 2.21. The maximum absolute atomic E-state index is 13.1. The van der Waals surface area contributed by atoms with Gasteiger partial charge in [0.25, 0.3) is 10.0 Å². The summed E-state index contributed by atoms with van der Waals surface area (Å²) in [4.78, 5) is 11.9. The molecule has 140 valence electrons. The Kier molecular flexibility index (Phi) is 6.20. The van der Waals surface area contributed by atoms with E-state index >= 15 is 0 Å². The number of halogens is 1. The van der Waals surface area contributed by atoms with Gasteiger partial charge in [0.1, 0.15) is 18.1 Å². The van der Waals surface area contributed by atoms with Crippen LogP contribution in [0, 0.1) is 5.82 Å². The molecule has 0 aliphatic carbocycles. The molecule has 6 nitrogen and oxygen atoms in total. The molecule has 0 saturated carbocycles. The largest absolute Gasteiger partial charge is 0.497 e. The molecule has 0 N–H and O–H groups in total. The molecule has 0 radical (unpaired) electrons. The van der Waals surface area contributed by atoms with Gasteiger partial charge in [-0.1, -0.05) is 0 Å². The lowest BCUT2D eigenvalue weighted by Crippen LogP contribution is -2.37. The highest BCUT2D eigenvalue weighted by Crippen LogP contribution is 2.26. The number of benzene rings is 2. The molecule has 0 aromatic heterocycles. The molecule has 2 rings (SSSR count). The second kappa shape index (κ2) is 8.18. The van der Waals surface area contributed by atoms with E-state index in [1.54, 1.807) is 26.0 Å². The van der Waals surface area contributed by atoms with E-state index < -0.39 is 28.4 Å². The van der Waals surface area contributed by atoms with Gasteiger partial charge in [0.15, 0.2) is 0 Å². The zero-order chi connectivity index (χ0) is 19.3. The van der Waals surface area contributed by atoms with Crippen LogP contribution in [0.15, 0.2) is 53.4 Å². The number of esters is 1. The average Bonchev–Trinajstić information content (AvgIpc) is 2.59. The Hall–Kier alpha value is -2.61. The second-order valence-corrected chi connectivity index (χ2v) is 7.56. The third-order valence-corrected chi connectivity index (χ3v) is 5.19. The smallest absolute Gasteiger partial charge is 0.327 e. The second-order valence-electron chi connectivity index (χ2n) is 5.70. The Morgan fingerprint density at radius 2 is 1.65 bits per heavy atom. The van der Waals surface area contributed by atoms with Crippen LogP contribution in [0.1, 0.15) is 13.8 Å². The van der Waals surface area contributed by atoms with Gasteiger partial charge in [0.2, 0.25) is 0 Å². The summed E-state index contributed by atoms with van der Waals surface area (Å²) in [5.41, 5.74) is 0.260. The molecule has 0 spiro atoms. The molecular formula is C18H20FNO5S. The first-order valence-corrected chi connectivity index (χ1v) is 9.30. The lowest BCUT2D eigenvalue weighted by Gasteiger charge is -2.24. The van der Waals surface area contributed by atoms with Crippen molar-refractivity contribution in [1.29, 1.82) is 0 Å². The first-order valence-electron chi connectivity index (χ1n) is 7.86. The monoisotopic (exact) mass is 381 g/mol. The Balaban J connectivity index is 2.44. The van der Waals surface area contributed by atoms with E-state index in [1.165, 1.54) is 19.2 Å². The summed E-state index contributed by atoms with van der Waals surface area (Å²) in [6, 6.07) is 10.6. The molecule has 26 heavy (non-hydrogen) atoms. The van der Waals surface area contributed by atoms with Gasteiger partial charge in [-0.15, -0.1) is 0 Å². The number of anilines is 1. The van der Waals surface area contributed by atoms with Crippen molar-refractivity contribution in [3.8, 4) is 5.75 Å². The van der Waals surface area contributed by atoms with Gasteiger partial charge in [-0.25, -0.2) is 12.8 Å². The summed E-state index contributed by atoms with van der Waals surface area (Å²) in [6.07, 6.45) is -0.381. The molecule has 2 aromatic rings. The summed E-state index contributed by atoms with van der Waals surface area (Å²) in [5, 5.41) is 0. The first kappa shape index (κ1) is 19.7. The molecule has 0 unspecified atom stereocenters. The van der Waals surface area contributed by atoms with E-state index in [0.717, 1.165) is 28.6 Å². The topological polar surface area (TPSA) is 72.9 Å². The lowest BCUT2D eigenvalue weighted by molar-refractivity contribution is -0.145. The quantitative estimate of drug-likeness (QED) is 0.690.